The van der Waals surface area contributed by atoms with E-state index in [-0.39, 0.29) is 39.0 Å². The van der Waals surface area contributed by atoms with Crippen molar-refractivity contribution in [3.63, 3.8) is 0 Å². The number of carbonyl (C=O) groups is 2. The Morgan fingerprint density at radius 2 is 1.59 bits per heavy atom. The molecule has 0 aliphatic rings. The van der Waals surface area contributed by atoms with Crippen molar-refractivity contribution in [3.05, 3.63) is 94.0 Å². The molecular weight excluding hydrogens is 557 g/mol. The van der Waals surface area contributed by atoms with Gasteiger partial charge in [-0.15, -0.1) is 0 Å². The average Bonchev–Trinajstić information content (AvgIpc) is 2.90. The molecule has 7 nitrogen and oxygen atoms in total. The van der Waals surface area contributed by atoms with Crippen molar-refractivity contribution < 1.29 is 18.0 Å². The zero-order valence-electron chi connectivity index (χ0n) is 22.4. The van der Waals surface area contributed by atoms with Gasteiger partial charge in [0.2, 0.25) is 11.8 Å². The molecule has 208 valence electrons. The highest BCUT2D eigenvalue weighted by Crippen LogP contribution is 2.35. The number of sulfonamides is 1. The third-order valence-electron chi connectivity index (χ3n) is 6.10. The number of nitrogens with one attached hydrogen (secondary N) is 1. The van der Waals surface area contributed by atoms with Gasteiger partial charge in [-0.05, 0) is 49.6 Å². The molecule has 3 aromatic carbocycles. The zero-order valence-corrected chi connectivity index (χ0v) is 24.7. The molecule has 0 aromatic heterocycles. The monoisotopic (exact) mass is 589 g/mol. The lowest BCUT2D eigenvalue weighted by atomic mass is 10.1. The van der Waals surface area contributed by atoms with Gasteiger partial charge in [0.1, 0.15) is 12.6 Å². The van der Waals surface area contributed by atoms with Crippen molar-refractivity contribution in [2.24, 2.45) is 5.92 Å². The average molecular weight is 591 g/mol. The fourth-order valence-electron chi connectivity index (χ4n) is 3.96. The first kappa shape index (κ1) is 30.5. The number of hydrogen-bond acceptors (Lipinski definition) is 4. The molecule has 10 heteroatoms. The molecule has 2 amide bonds. The van der Waals surface area contributed by atoms with E-state index in [0.717, 1.165) is 15.4 Å². The van der Waals surface area contributed by atoms with Crippen molar-refractivity contribution in [2.45, 2.75) is 45.2 Å². The van der Waals surface area contributed by atoms with E-state index in [1.54, 1.807) is 31.2 Å². The van der Waals surface area contributed by atoms with Crippen molar-refractivity contribution >= 4 is 50.7 Å². The van der Waals surface area contributed by atoms with Crippen LogP contribution in [0.2, 0.25) is 10.0 Å². The van der Waals surface area contributed by atoms with Crippen LogP contribution in [0.4, 0.5) is 5.69 Å². The fourth-order valence-corrected chi connectivity index (χ4v) is 5.86. The topological polar surface area (TPSA) is 86.8 Å². The van der Waals surface area contributed by atoms with Gasteiger partial charge in [0, 0.05) is 13.1 Å². The van der Waals surface area contributed by atoms with Crippen LogP contribution in [0.1, 0.15) is 31.9 Å². The Morgan fingerprint density at radius 1 is 0.923 bits per heavy atom. The third-order valence-corrected chi connectivity index (χ3v) is 8.68. The molecule has 0 saturated heterocycles. The van der Waals surface area contributed by atoms with Gasteiger partial charge >= 0.3 is 0 Å². The van der Waals surface area contributed by atoms with Crippen LogP contribution in [-0.4, -0.2) is 44.3 Å². The number of halogens is 2. The minimum absolute atomic E-state index is 0.000526. The van der Waals surface area contributed by atoms with Crippen LogP contribution in [0.5, 0.6) is 0 Å². The molecule has 0 saturated carbocycles. The predicted octanol–water partition coefficient (Wildman–Crippen LogP) is 5.69. The molecule has 1 N–H and O–H groups in total. The lowest BCUT2D eigenvalue weighted by molar-refractivity contribution is -0.139. The van der Waals surface area contributed by atoms with E-state index in [1.807, 2.05) is 45.0 Å². The second-order valence-corrected chi connectivity index (χ2v) is 12.4. The normalized spacial score (nSPS) is 12.2. The van der Waals surface area contributed by atoms with Gasteiger partial charge in [0.25, 0.3) is 10.0 Å². The lowest BCUT2D eigenvalue weighted by Gasteiger charge is -2.32. The van der Waals surface area contributed by atoms with Crippen LogP contribution in [-0.2, 0) is 26.2 Å². The first-order valence-electron chi connectivity index (χ1n) is 12.6. The number of aryl methyl sites for hydroxylation is 1. The van der Waals surface area contributed by atoms with Crippen LogP contribution >= 0.6 is 23.2 Å². The summed E-state index contributed by atoms with van der Waals surface area (Å²) in [7, 11) is -4.23. The minimum atomic E-state index is -4.23. The molecule has 0 radical (unpaired) electrons. The second-order valence-electron chi connectivity index (χ2n) is 9.72. The van der Waals surface area contributed by atoms with E-state index in [9.17, 15) is 18.0 Å². The summed E-state index contributed by atoms with van der Waals surface area (Å²) in [5.41, 5.74) is 1.87. The molecule has 0 aliphatic carbocycles. The largest absolute Gasteiger partial charge is 0.354 e. The summed E-state index contributed by atoms with van der Waals surface area (Å²) in [4.78, 5) is 28.4. The predicted molar refractivity (Wildman–Crippen MR) is 156 cm³/mol. The molecule has 0 bridgehead atoms. The van der Waals surface area contributed by atoms with Crippen molar-refractivity contribution in [2.75, 3.05) is 17.4 Å². The summed E-state index contributed by atoms with van der Waals surface area (Å²) in [6.45, 7) is 7.48. The number of anilines is 1. The highest BCUT2D eigenvalue weighted by Gasteiger charge is 2.33. The smallest absolute Gasteiger partial charge is 0.264 e. The van der Waals surface area contributed by atoms with Gasteiger partial charge in [-0.25, -0.2) is 8.42 Å². The molecule has 0 aliphatic heterocycles. The maximum absolute atomic E-state index is 13.9. The molecule has 1 unspecified atom stereocenters. The number of benzene rings is 3. The van der Waals surface area contributed by atoms with Gasteiger partial charge in [-0.1, -0.05) is 91.1 Å². The number of hydrogen-bond donors (Lipinski definition) is 1. The third kappa shape index (κ3) is 7.75. The summed E-state index contributed by atoms with van der Waals surface area (Å²) in [6.07, 6.45) is 0. The molecule has 0 spiro atoms. The van der Waals surface area contributed by atoms with Crippen molar-refractivity contribution in [1.29, 1.82) is 0 Å². The Labute approximate surface area is 240 Å². The van der Waals surface area contributed by atoms with E-state index in [4.69, 9.17) is 23.2 Å². The molecule has 39 heavy (non-hydrogen) atoms. The van der Waals surface area contributed by atoms with Crippen LogP contribution < -0.4 is 9.62 Å². The highest BCUT2D eigenvalue weighted by atomic mass is 35.5. The Morgan fingerprint density at radius 3 is 2.23 bits per heavy atom. The number of carbonyl (C=O) groups excluding carboxylic acids is 2. The van der Waals surface area contributed by atoms with E-state index >= 15 is 0 Å². The van der Waals surface area contributed by atoms with Gasteiger partial charge in [0.05, 0.1) is 20.6 Å². The maximum atomic E-state index is 13.9. The number of rotatable bonds is 11. The Bertz CT molecular complexity index is 1420. The molecule has 1 atom stereocenters. The second kappa shape index (κ2) is 13.3. The SMILES string of the molecule is Cc1cccc(CN(C(=O)CN(c2cccc(Cl)c2Cl)S(=O)(=O)c2ccccc2)C(C)C(=O)NCC(C)C)c1. The summed E-state index contributed by atoms with van der Waals surface area (Å²) >= 11 is 12.7. The van der Waals surface area contributed by atoms with Crippen molar-refractivity contribution in [1.82, 2.24) is 10.2 Å². The van der Waals surface area contributed by atoms with Crippen molar-refractivity contribution in [3.8, 4) is 0 Å². The van der Waals surface area contributed by atoms with E-state index < -0.39 is 28.5 Å². The minimum Gasteiger partial charge on any atom is -0.354 e. The van der Waals surface area contributed by atoms with Gasteiger partial charge < -0.3 is 10.2 Å². The number of amides is 2. The van der Waals surface area contributed by atoms with E-state index in [0.29, 0.717) is 6.54 Å². The molecule has 0 heterocycles. The molecule has 3 rings (SSSR count). The van der Waals surface area contributed by atoms with Crippen LogP contribution in [0.15, 0.2) is 77.7 Å². The molecular formula is C29H33Cl2N3O4S. The van der Waals surface area contributed by atoms with Crippen LogP contribution in [0, 0.1) is 12.8 Å². The van der Waals surface area contributed by atoms with Gasteiger partial charge in [-0.2, -0.15) is 0 Å². The molecule has 0 fully saturated rings. The first-order chi connectivity index (χ1) is 18.4. The van der Waals surface area contributed by atoms with E-state index in [2.05, 4.69) is 5.32 Å². The maximum Gasteiger partial charge on any atom is 0.264 e. The summed E-state index contributed by atoms with van der Waals surface area (Å²) in [5, 5.41) is 3.01. The van der Waals surface area contributed by atoms with Gasteiger partial charge in [-0.3, -0.25) is 13.9 Å². The van der Waals surface area contributed by atoms with Crippen LogP contribution in [0.25, 0.3) is 0 Å². The fraction of sp³-hybridized carbons (Fsp3) is 0.310. The molecule has 3 aromatic rings. The standard InChI is InChI=1S/C29H33Cl2N3O4S/c1-20(2)17-32-29(36)22(4)33(18-23-11-8-10-21(3)16-23)27(35)19-34(26-15-9-14-25(30)28(26)31)39(37,38)24-12-6-5-7-13-24/h5-16,20,22H,17-19H2,1-4H3,(H,32,36). The lowest BCUT2D eigenvalue weighted by Crippen LogP contribution is -2.51. The van der Waals surface area contributed by atoms with Gasteiger partial charge in [0.15, 0.2) is 0 Å². The summed E-state index contributed by atoms with van der Waals surface area (Å²) < 4.78 is 28.6. The zero-order chi connectivity index (χ0) is 28.7. The summed E-state index contributed by atoms with van der Waals surface area (Å²) in [5.74, 6) is -0.680. The Hall–Kier alpha value is -3.07. The summed E-state index contributed by atoms with van der Waals surface area (Å²) in [6, 6.07) is 19.1. The number of nitrogens with zero attached hydrogens (tertiary/aromatic N) is 2. The Balaban J connectivity index is 2.04. The van der Waals surface area contributed by atoms with Crippen LogP contribution in [0.3, 0.4) is 0 Å². The highest BCUT2D eigenvalue weighted by molar-refractivity contribution is 7.92. The first-order valence-corrected chi connectivity index (χ1v) is 14.8. The quantitative estimate of drug-likeness (QED) is 0.311. The van der Waals surface area contributed by atoms with E-state index in [1.165, 1.54) is 29.2 Å². The Kier molecular flexibility index (Phi) is 10.4.